The molecule has 4 rings (SSSR count). The van der Waals surface area contributed by atoms with Crippen molar-refractivity contribution in [1.29, 1.82) is 0 Å². The number of hydrogen-bond donors (Lipinski definition) is 2. The van der Waals surface area contributed by atoms with Crippen molar-refractivity contribution in [2.45, 2.75) is 25.3 Å². The largest absolute Gasteiger partial charge is 0.329 e. The van der Waals surface area contributed by atoms with Crippen LogP contribution in [-0.4, -0.2) is 25.6 Å². The Hall–Kier alpha value is -2.96. The Balaban J connectivity index is 1.52. The van der Waals surface area contributed by atoms with Gasteiger partial charge in [0.15, 0.2) is 5.65 Å². The van der Waals surface area contributed by atoms with Gasteiger partial charge in [0, 0.05) is 18.5 Å². The highest BCUT2D eigenvalue weighted by Crippen LogP contribution is 2.37. The molecular weight excluding hydrogens is 304 g/mol. The van der Waals surface area contributed by atoms with Gasteiger partial charge in [-0.05, 0) is 37.0 Å². The van der Waals surface area contributed by atoms with Crippen LogP contribution >= 0.6 is 0 Å². The number of carbonyl (C=O) groups excluding carboxylic acids is 1. The number of hydrogen-bond acceptors (Lipinski definition) is 4. The number of fused-ring (bicyclic) bond motifs is 1. The van der Waals surface area contributed by atoms with Crippen molar-refractivity contribution >= 4 is 17.5 Å². The number of carbonyl (C=O) groups is 1. The lowest BCUT2D eigenvalue weighted by Gasteiger charge is -2.33. The van der Waals surface area contributed by atoms with Crippen LogP contribution in [0.25, 0.3) is 5.65 Å². The molecule has 24 heavy (non-hydrogen) atoms. The first-order valence-electron chi connectivity index (χ1n) is 8.08. The summed E-state index contributed by atoms with van der Waals surface area (Å²) >= 11 is 0. The molecule has 0 aliphatic heterocycles. The lowest BCUT2D eigenvalue weighted by atomic mass is 9.78. The van der Waals surface area contributed by atoms with Crippen molar-refractivity contribution in [3.8, 4) is 0 Å². The smallest absolute Gasteiger partial charge is 0.320 e. The minimum atomic E-state index is -0.263. The molecule has 3 aromatic rings. The molecule has 1 unspecified atom stereocenters. The molecule has 7 heteroatoms. The summed E-state index contributed by atoms with van der Waals surface area (Å²) in [6.07, 6.45) is 8.48. The van der Waals surface area contributed by atoms with Crippen LogP contribution < -0.4 is 10.6 Å². The van der Waals surface area contributed by atoms with E-state index < -0.39 is 0 Å². The second kappa shape index (κ2) is 6.27. The first-order valence-corrected chi connectivity index (χ1v) is 8.08. The average molecular weight is 322 g/mol. The van der Waals surface area contributed by atoms with Gasteiger partial charge in [-0.25, -0.2) is 9.78 Å². The van der Waals surface area contributed by atoms with E-state index in [9.17, 15) is 4.79 Å². The first kappa shape index (κ1) is 14.6. The predicted molar refractivity (Wildman–Crippen MR) is 89.5 cm³/mol. The van der Waals surface area contributed by atoms with Gasteiger partial charge in [-0.1, -0.05) is 12.5 Å². The molecule has 0 radical (unpaired) electrons. The number of amides is 2. The van der Waals surface area contributed by atoms with E-state index in [2.05, 4.69) is 25.7 Å². The summed E-state index contributed by atoms with van der Waals surface area (Å²) in [5, 5.41) is 10.1. The van der Waals surface area contributed by atoms with Crippen LogP contribution in [0.3, 0.4) is 0 Å². The van der Waals surface area contributed by atoms with Crippen molar-refractivity contribution in [2.75, 3.05) is 5.32 Å². The monoisotopic (exact) mass is 322 g/mol. The van der Waals surface area contributed by atoms with Crippen molar-refractivity contribution in [1.82, 2.24) is 24.9 Å². The molecular formula is C17H18N6O. The maximum atomic E-state index is 12.5. The van der Waals surface area contributed by atoms with Gasteiger partial charge in [0.1, 0.15) is 5.82 Å². The Labute approximate surface area is 139 Å². The van der Waals surface area contributed by atoms with E-state index in [1.54, 1.807) is 35.2 Å². The van der Waals surface area contributed by atoms with Crippen LogP contribution in [0.1, 0.15) is 31.0 Å². The molecule has 2 amide bonds. The van der Waals surface area contributed by atoms with Crippen LogP contribution in [0.5, 0.6) is 0 Å². The quantitative estimate of drug-likeness (QED) is 0.773. The number of anilines is 1. The zero-order valence-corrected chi connectivity index (χ0v) is 13.1. The maximum Gasteiger partial charge on any atom is 0.320 e. The van der Waals surface area contributed by atoms with Gasteiger partial charge >= 0.3 is 6.03 Å². The molecule has 1 saturated carbocycles. The van der Waals surface area contributed by atoms with Gasteiger partial charge in [-0.3, -0.25) is 10.3 Å². The molecule has 3 heterocycles. The number of nitrogens with one attached hydrogen (secondary N) is 2. The zero-order chi connectivity index (χ0) is 16.4. The van der Waals surface area contributed by atoms with E-state index in [-0.39, 0.29) is 12.1 Å². The van der Waals surface area contributed by atoms with Crippen molar-refractivity contribution in [3.63, 3.8) is 0 Å². The maximum absolute atomic E-state index is 12.5. The molecule has 1 atom stereocenters. The summed E-state index contributed by atoms with van der Waals surface area (Å²) in [5.41, 5.74) is 1.59. The summed E-state index contributed by atoms with van der Waals surface area (Å²) in [4.78, 5) is 21.1. The molecule has 2 N–H and O–H groups in total. The Kier molecular flexibility index (Phi) is 3.82. The lowest BCUT2D eigenvalue weighted by molar-refractivity contribution is 0.214. The summed E-state index contributed by atoms with van der Waals surface area (Å²) in [6.45, 7) is 0. The van der Waals surface area contributed by atoms with Crippen molar-refractivity contribution in [3.05, 3.63) is 54.6 Å². The number of aromatic nitrogens is 4. The van der Waals surface area contributed by atoms with Gasteiger partial charge in [0.05, 0.1) is 17.9 Å². The van der Waals surface area contributed by atoms with E-state index >= 15 is 0 Å². The van der Waals surface area contributed by atoms with Gasteiger partial charge in [-0.15, -0.1) is 0 Å². The molecule has 7 nitrogen and oxygen atoms in total. The predicted octanol–water partition coefficient (Wildman–Crippen LogP) is 2.79. The average Bonchev–Trinajstić information content (AvgIpc) is 3.03. The Bertz CT molecular complexity index is 842. The van der Waals surface area contributed by atoms with Crippen LogP contribution in [-0.2, 0) is 0 Å². The van der Waals surface area contributed by atoms with Crippen LogP contribution in [0.4, 0.5) is 10.6 Å². The topological polar surface area (TPSA) is 84.2 Å². The van der Waals surface area contributed by atoms with Gasteiger partial charge < -0.3 is 5.32 Å². The third-order valence-electron chi connectivity index (χ3n) is 4.45. The second-order valence-corrected chi connectivity index (χ2v) is 5.95. The summed E-state index contributed by atoms with van der Waals surface area (Å²) in [7, 11) is 0. The molecule has 0 saturated heterocycles. The molecule has 1 aliphatic rings. The Morgan fingerprint density at radius 2 is 2.04 bits per heavy atom. The molecule has 1 fully saturated rings. The first-order chi connectivity index (χ1) is 11.8. The van der Waals surface area contributed by atoms with E-state index in [1.807, 2.05) is 18.2 Å². The fourth-order valence-corrected chi connectivity index (χ4v) is 2.99. The fourth-order valence-electron chi connectivity index (χ4n) is 2.99. The number of rotatable bonds is 4. The van der Waals surface area contributed by atoms with Gasteiger partial charge in [0.2, 0.25) is 0 Å². The van der Waals surface area contributed by atoms with Gasteiger partial charge in [0.25, 0.3) is 0 Å². The molecule has 0 aromatic carbocycles. The summed E-state index contributed by atoms with van der Waals surface area (Å²) in [6, 6.07) is 8.96. The third-order valence-corrected chi connectivity index (χ3v) is 4.45. The minimum Gasteiger partial charge on any atom is -0.329 e. The van der Waals surface area contributed by atoms with Gasteiger partial charge in [-0.2, -0.15) is 9.61 Å². The number of urea groups is 1. The highest BCUT2D eigenvalue weighted by Gasteiger charge is 2.30. The molecule has 3 aromatic heterocycles. The Morgan fingerprint density at radius 3 is 2.79 bits per heavy atom. The number of nitrogens with zero attached hydrogens (tertiary/aromatic N) is 4. The lowest BCUT2D eigenvalue weighted by Crippen LogP contribution is -2.39. The van der Waals surface area contributed by atoms with E-state index in [0.717, 1.165) is 18.5 Å². The summed E-state index contributed by atoms with van der Waals surface area (Å²) < 4.78 is 1.60. The third kappa shape index (κ3) is 2.80. The van der Waals surface area contributed by atoms with E-state index in [1.165, 1.54) is 6.42 Å². The summed E-state index contributed by atoms with van der Waals surface area (Å²) in [5.74, 6) is 1.02. The highest BCUT2D eigenvalue weighted by molar-refractivity contribution is 5.88. The zero-order valence-electron chi connectivity index (χ0n) is 13.1. The van der Waals surface area contributed by atoms with Crippen LogP contribution in [0, 0.1) is 5.92 Å². The Morgan fingerprint density at radius 1 is 1.12 bits per heavy atom. The van der Waals surface area contributed by atoms with E-state index in [4.69, 9.17) is 0 Å². The molecule has 0 bridgehead atoms. The second-order valence-electron chi connectivity index (χ2n) is 5.95. The molecule has 122 valence electrons. The van der Waals surface area contributed by atoms with Crippen molar-refractivity contribution < 1.29 is 4.79 Å². The van der Waals surface area contributed by atoms with Crippen LogP contribution in [0.2, 0.25) is 0 Å². The molecule has 1 aliphatic carbocycles. The standard InChI is InChI=1S/C17H18N6O/c24-17(21-15-7-10-19-14-8-11-20-23(14)15)22-16(12-4-3-5-12)13-6-1-2-9-18-13/h1-2,6-12,16H,3-5H2,(H2,21,22,24). The normalized spacial score (nSPS) is 15.7. The fraction of sp³-hybridized carbons (Fsp3) is 0.294. The highest BCUT2D eigenvalue weighted by atomic mass is 16.2. The number of pyridine rings is 1. The minimum absolute atomic E-state index is 0.0742. The van der Waals surface area contributed by atoms with Crippen molar-refractivity contribution in [2.24, 2.45) is 5.92 Å². The SMILES string of the molecule is O=C(Nc1ccnc2ccnn12)NC(c1ccccn1)C1CCC1. The van der Waals surface area contributed by atoms with E-state index in [0.29, 0.717) is 17.4 Å². The molecule has 0 spiro atoms. The van der Waals surface area contributed by atoms with Crippen LogP contribution in [0.15, 0.2) is 48.9 Å².